The van der Waals surface area contributed by atoms with E-state index in [9.17, 15) is 4.79 Å². The summed E-state index contributed by atoms with van der Waals surface area (Å²) >= 11 is 0. The molecule has 0 fully saturated rings. The van der Waals surface area contributed by atoms with Crippen LogP contribution >= 0.6 is 0 Å². The van der Waals surface area contributed by atoms with Gasteiger partial charge in [0.15, 0.2) is 11.3 Å². The molecular weight excluding hydrogens is 266 g/mol. The SMILES string of the molecule is C=C/C=C(\C=C)c1ccn2c(C(=O)OCC)cnc2c1N. The summed E-state index contributed by atoms with van der Waals surface area (Å²) in [5.41, 5.74) is 9.11. The number of nitrogens with two attached hydrogens (primary N) is 1. The Hall–Kier alpha value is -2.82. The molecule has 0 bridgehead atoms. The summed E-state index contributed by atoms with van der Waals surface area (Å²) in [5.74, 6) is -0.428. The fraction of sp³-hybridized carbons (Fsp3) is 0.125. The van der Waals surface area contributed by atoms with E-state index >= 15 is 0 Å². The van der Waals surface area contributed by atoms with Gasteiger partial charge in [0.05, 0.1) is 18.5 Å². The summed E-state index contributed by atoms with van der Waals surface area (Å²) in [7, 11) is 0. The molecular formula is C16H17N3O2. The van der Waals surface area contributed by atoms with Gasteiger partial charge >= 0.3 is 5.97 Å². The number of imidazole rings is 1. The van der Waals surface area contributed by atoms with E-state index in [4.69, 9.17) is 10.5 Å². The first-order valence-electron chi connectivity index (χ1n) is 6.52. The van der Waals surface area contributed by atoms with Gasteiger partial charge in [-0.15, -0.1) is 0 Å². The van der Waals surface area contributed by atoms with Crippen LogP contribution in [-0.2, 0) is 4.74 Å². The lowest BCUT2D eigenvalue weighted by Gasteiger charge is -2.09. The van der Waals surface area contributed by atoms with Crippen LogP contribution in [0, 0.1) is 0 Å². The number of allylic oxidation sites excluding steroid dienone is 4. The van der Waals surface area contributed by atoms with Gasteiger partial charge in [-0.05, 0) is 18.6 Å². The second kappa shape index (κ2) is 6.09. The highest BCUT2D eigenvalue weighted by molar-refractivity contribution is 5.92. The zero-order chi connectivity index (χ0) is 15.4. The molecule has 0 aromatic carbocycles. The smallest absolute Gasteiger partial charge is 0.356 e. The Morgan fingerprint density at radius 2 is 2.29 bits per heavy atom. The Morgan fingerprint density at radius 3 is 2.90 bits per heavy atom. The summed E-state index contributed by atoms with van der Waals surface area (Å²) in [6.07, 6.45) is 8.36. The van der Waals surface area contributed by atoms with Crippen molar-refractivity contribution in [2.75, 3.05) is 12.3 Å². The number of rotatable bonds is 5. The molecule has 0 atom stereocenters. The average Bonchev–Trinajstić information content (AvgIpc) is 2.91. The lowest BCUT2D eigenvalue weighted by atomic mass is 10.1. The van der Waals surface area contributed by atoms with E-state index in [0.29, 0.717) is 23.6 Å². The predicted molar refractivity (Wildman–Crippen MR) is 83.9 cm³/mol. The van der Waals surface area contributed by atoms with Crippen LogP contribution in [0.3, 0.4) is 0 Å². The van der Waals surface area contributed by atoms with Crippen LogP contribution in [0.2, 0.25) is 0 Å². The normalized spacial score (nSPS) is 11.4. The molecule has 5 nitrogen and oxygen atoms in total. The van der Waals surface area contributed by atoms with Crippen LogP contribution in [0.15, 0.2) is 49.8 Å². The molecule has 0 saturated heterocycles. The van der Waals surface area contributed by atoms with Crippen LogP contribution in [-0.4, -0.2) is 22.0 Å². The molecule has 2 heterocycles. The van der Waals surface area contributed by atoms with E-state index in [1.54, 1.807) is 29.7 Å². The molecule has 0 spiro atoms. The molecule has 2 aromatic rings. The van der Waals surface area contributed by atoms with Crippen molar-refractivity contribution in [2.24, 2.45) is 0 Å². The highest BCUT2D eigenvalue weighted by atomic mass is 16.5. The minimum atomic E-state index is -0.428. The summed E-state index contributed by atoms with van der Waals surface area (Å²) in [6.45, 7) is 9.49. The standard InChI is InChI=1S/C16H17N3O2/c1-4-7-11(5-2)12-8-9-19-13(16(20)21-6-3)10-18-15(19)14(12)17/h4-5,7-10H,1-2,6,17H2,3H3/b11-7+. The van der Waals surface area contributed by atoms with Gasteiger partial charge in [0, 0.05) is 11.8 Å². The minimum absolute atomic E-state index is 0.308. The number of hydrogen-bond donors (Lipinski definition) is 1. The van der Waals surface area contributed by atoms with Gasteiger partial charge in [0.2, 0.25) is 0 Å². The second-order valence-corrected chi connectivity index (χ2v) is 4.26. The Labute approximate surface area is 123 Å². The van der Waals surface area contributed by atoms with Gasteiger partial charge < -0.3 is 10.5 Å². The number of pyridine rings is 1. The van der Waals surface area contributed by atoms with Crippen LogP contribution < -0.4 is 5.73 Å². The van der Waals surface area contributed by atoms with Crippen molar-refractivity contribution in [1.82, 2.24) is 9.38 Å². The van der Waals surface area contributed by atoms with Gasteiger partial charge in [0.1, 0.15) is 0 Å². The zero-order valence-corrected chi connectivity index (χ0v) is 11.9. The first-order valence-corrected chi connectivity index (χ1v) is 6.52. The Kier molecular flexibility index (Phi) is 4.23. The van der Waals surface area contributed by atoms with E-state index in [0.717, 1.165) is 11.1 Å². The molecule has 0 aliphatic heterocycles. The van der Waals surface area contributed by atoms with Crippen molar-refractivity contribution < 1.29 is 9.53 Å². The maximum Gasteiger partial charge on any atom is 0.356 e. The molecule has 2 N–H and O–H groups in total. The Bertz CT molecular complexity index is 741. The summed E-state index contributed by atoms with van der Waals surface area (Å²) < 4.78 is 6.61. The summed E-state index contributed by atoms with van der Waals surface area (Å²) in [6, 6.07) is 1.81. The number of aromatic nitrogens is 2. The van der Waals surface area contributed by atoms with E-state index in [-0.39, 0.29) is 0 Å². The number of hydrogen-bond acceptors (Lipinski definition) is 4. The molecule has 2 rings (SSSR count). The summed E-state index contributed by atoms with van der Waals surface area (Å²) in [5, 5.41) is 0. The lowest BCUT2D eigenvalue weighted by Crippen LogP contribution is -2.08. The molecule has 0 aliphatic carbocycles. The van der Waals surface area contributed by atoms with E-state index in [2.05, 4.69) is 18.1 Å². The number of ether oxygens (including phenoxy) is 1. The highest BCUT2D eigenvalue weighted by Gasteiger charge is 2.16. The third kappa shape index (κ3) is 2.58. The van der Waals surface area contributed by atoms with Gasteiger partial charge in [-0.3, -0.25) is 4.40 Å². The van der Waals surface area contributed by atoms with Crippen molar-refractivity contribution in [1.29, 1.82) is 0 Å². The van der Waals surface area contributed by atoms with Crippen LogP contribution in [0.5, 0.6) is 0 Å². The molecule has 0 unspecified atom stereocenters. The van der Waals surface area contributed by atoms with Crippen LogP contribution in [0.25, 0.3) is 11.2 Å². The monoisotopic (exact) mass is 283 g/mol. The van der Waals surface area contributed by atoms with E-state index in [1.807, 2.05) is 12.1 Å². The predicted octanol–water partition coefficient (Wildman–Crippen LogP) is 2.85. The molecule has 108 valence electrons. The largest absolute Gasteiger partial charge is 0.461 e. The number of carbonyl (C=O) groups is 1. The van der Waals surface area contributed by atoms with Crippen molar-refractivity contribution in [3.05, 3.63) is 61.1 Å². The fourth-order valence-corrected chi connectivity index (χ4v) is 2.07. The molecule has 0 saturated carbocycles. The van der Waals surface area contributed by atoms with Crippen molar-refractivity contribution >= 4 is 22.9 Å². The second-order valence-electron chi connectivity index (χ2n) is 4.26. The quantitative estimate of drug-likeness (QED) is 0.676. The Morgan fingerprint density at radius 1 is 1.52 bits per heavy atom. The number of nitrogens with zero attached hydrogens (tertiary/aromatic N) is 2. The van der Waals surface area contributed by atoms with Gasteiger partial charge in [-0.2, -0.15) is 0 Å². The first-order chi connectivity index (χ1) is 10.1. The molecule has 2 aromatic heterocycles. The maximum atomic E-state index is 11.8. The van der Waals surface area contributed by atoms with E-state index < -0.39 is 5.97 Å². The maximum absolute atomic E-state index is 11.8. The number of carbonyl (C=O) groups excluding carboxylic acids is 1. The van der Waals surface area contributed by atoms with Gasteiger partial charge in [0.25, 0.3) is 0 Å². The molecule has 0 amide bonds. The number of nitrogen functional groups attached to an aromatic ring is 1. The minimum Gasteiger partial charge on any atom is -0.461 e. The van der Waals surface area contributed by atoms with E-state index in [1.165, 1.54) is 6.20 Å². The Balaban J connectivity index is 2.60. The zero-order valence-electron chi connectivity index (χ0n) is 11.9. The number of esters is 1. The van der Waals surface area contributed by atoms with Crippen molar-refractivity contribution in [2.45, 2.75) is 6.92 Å². The topological polar surface area (TPSA) is 69.6 Å². The number of fused-ring (bicyclic) bond motifs is 1. The van der Waals surface area contributed by atoms with Crippen LogP contribution in [0.1, 0.15) is 23.0 Å². The molecule has 0 radical (unpaired) electrons. The molecule has 5 heteroatoms. The van der Waals surface area contributed by atoms with Crippen molar-refractivity contribution in [3.8, 4) is 0 Å². The first kappa shape index (κ1) is 14.6. The van der Waals surface area contributed by atoms with Gasteiger partial charge in [-0.1, -0.05) is 31.4 Å². The van der Waals surface area contributed by atoms with Gasteiger partial charge in [-0.25, -0.2) is 9.78 Å². The van der Waals surface area contributed by atoms with Crippen molar-refractivity contribution in [3.63, 3.8) is 0 Å². The number of anilines is 1. The third-order valence-corrected chi connectivity index (χ3v) is 3.03. The summed E-state index contributed by atoms with van der Waals surface area (Å²) in [4.78, 5) is 16.1. The molecule has 0 aliphatic rings. The molecule has 21 heavy (non-hydrogen) atoms. The third-order valence-electron chi connectivity index (χ3n) is 3.03. The highest BCUT2D eigenvalue weighted by Crippen LogP contribution is 2.26. The lowest BCUT2D eigenvalue weighted by molar-refractivity contribution is 0.0518. The van der Waals surface area contributed by atoms with Crippen LogP contribution in [0.4, 0.5) is 5.69 Å². The fourth-order valence-electron chi connectivity index (χ4n) is 2.07. The average molecular weight is 283 g/mol.